The fourth-order valence-electron chi connectivity index (χ4n) is 2.65. The van der Waals surface area contributed by atoms with E-state index >= 15 is 0 Å². The summed E-state index contributed by atoms with van der Waals surface area (Å²) in [5, 5.41) is 0. The lowest BCUT2D eigenvalue weighted by Crippen LogP contribution is -2.12. The van der Waals surface area contributed by atoms with Gasteiger partial charge in [-0.2, -0.15) is 0 Å². The second-order valence-electron chi connectivity index (χ2n) is 4.69. The van der Waals surface area contributed by atoms with Gasteiger partial charge in [0, 0.05) is 5.56 Å². The summed E-state index contributed by atoms with van der Waals surface area (Å²) >= 11 is 0. The molecule has 2 rings (SSSR count). The number of hydrogen-bond acceptors (Lipinski definition) is 1. The van der Waals surface area contributed by atoms with Crippen LogP contribution >= 0.6 is 0 Å². The zero-order valence-electron chi connectivity index (χ0n) is 10.3. The quantitative estimate of drug-likeness (QED) is 0.847. The minimum Gasteiger partial charge on any atom is -0.366 e. The molecule has 2 heteroatoms. The lowest BCUT2D eigenvalue weighted by molar-refractivity contribution is 0.1000. The van der Waals surface area contributed by atoms with Gasteiger partial charge in [0.2, 0.25) is 5.91 Å². The molecule has 0 heterocycles. The Morgan fingerprint density at radius 2 is 2.06 bits per heavy atom. The maximum atomic E-state index is 11.2. The molecule has 0 spiro atoms. The van der Waals surface area contributed by atoms with Gasteiger partial charge >= 0.3 is 0 Å². The first-order chi connectivity index (χ1) is 8.22. The summed E-state index contributed by atoms with van der Waals surface area (Å²) < 4.78 is 0. The Kier molecular flexibility index (Phi) is 3.62. The maximum absolute atomic E-state index is 11.2. The number of rotatable bonds is 3. The zero-order valence-corrected chi connectivity index (χ0v) is 10.3. The van der Waals surface area contributed by atoms with Crippen molar-refractivity contribution in [1.29, 1.82) is 0 Å². The largest absolute Gasteiger partial charge is 0.366 e. The topological polar surface area (TPSA) is 43.1 Å². The van der Waals surface area contributed by atoms with Gasteiger partial charge in [-0.1, -0.05) is 31.1 Å². The highest BCUT2D eigenvalue weighted by Crippen LogP contribution is 2.36. The van der Waals surface area contributed by atoms with E-state index in [0.29, 0.717) is 11.5 Å². The van der Waals surface area contributed by atoms with Crippen LogP contribution in [0.5, 0.6) is 0 Å². The van der Waals surface area contributed by atoms with E-state index in [4.69, 9.17) is 5.73 Å². The summed E-state index contributed by atoms with van der Waals surface area (Å²) in [6.07, 6.45) is 9.19. The molecule has 90 valence electrons. The Labute approximate surface area is 103 Å². The lowest BCUT2D eigenvalue weighted by Gasteiger charge is -2.14. The molecule has 0 unspecified atom stereocenters. The summed E-state index contributed by atoms with van der Waals surface area (Å²) in [6, 6.07) is 5.80. The van der Waals surface area contributed by atoms with Crippen molar-refractivity contribution in [2.75, 3.05) is 0 Å². The van der Waals surface area contributed by atoms with Crippen molar-refractivity contribution in [3.8, 4) is 0 Å². The average molecular weight is 229 g/mol. The first-order valence-electron chi connectivity index (χ1n) is 6.29. The average Bonchev–Trinajstić information content (AvgIpc) is 2.83. The summed E-state index contributed by atoms with van der Waals surface area (Å²) in [7, 11) is 0. The highest BCUT2D eigenvalue weighted by molar-refractivity contribution is 5.93. The molecule has 17 heavy (non-hydrogen) atoms. The number of nitrogens with two attached hydrogens (primary N) is 1. The molecule has 0 bridgehead atoms. The predicted molar refractivity (Wildman–Crippen MR) is 70.9 cm³/mol. The molecule has 1 amide bonds. The Morgan fingerprint density at radius 3 is 2.65 bits per heavy atom. The van der Waals surface area contributed by atoms with Gasteiger partial charge in [-0.25, -0.2) is 0 Å². The Bertz CT molecular complexity index is 442. The van der Waals surface area contributed by atoms with Crippen molar-refractivity contribution in [1.82, 2.24) is 0 Å². The van der Waals surface area contributed by atoms with Gasteiger partial charge < -0.3 is 5.73 Å². The van der Waals surface area contributed by atoms with Gasteiger partial charge in [-0.3, -0.25) is 4.79 Å². The first-order valence-corrected chi connectivity index (χ1v) is 6.29. The number of benzene rings is 1. The third-order valence-corrected chi connectivity index (χ3v) is 3.51. The Hall–Kier alpha value is -1.57. The molecule has 0 atom stereocenters. The van der Waals surface area contributed by atoms with Gasteiger partial charge in [0.15, 0.2) is 0 Å². The van der Waals surface area contributed by atoms with E-state index in [1.165, 1.54) is 36.8 Å². The number of allylic oxidation sites excluding steroid dienone is 1. The number of carbonyl (C=O) groups is 1. The molecule has 1 aromatic rings. The molecular weight excluding hydrogens is 210 g/mol. The molecule has 2 N–H and O–H groups in total. The molecule has 1 aliphatic carbocycles. The number of hydrogen-bond donors (Lipinski definition) is 1. The monoisotopic (exact) mass is 229 g/mol. The normalized spacial score (nSPS) is 16.8. The van der Waals surface area contributed by atoms with Gasteiger partial charge in [-0.15, -0.1) is 0 Å². The van der Waals surface area contributed by atoms with Crippen LogP contribution in [0.2, 0.25) is 0 Å². The van der Waals surface area contributed by atoms with E-state index < -0.39 is 0 Å². The summed E-state index contributed by atoms with van der Waals surface area (Å²) in [6.45, 7) is 2.01. The lowest BCUT2D eigenvalue weighted by atomic mass is 9.91. The van der Waals surface area contributed by atoms with Crippen LogP contribution in [-0.2, 0) is 0 Å². The molecule has 2 nitrogen and oxygen atoms in total. The molecule has 1 aromatic carbocycles. The second-order valence-corrected chi connectivity index (χ2v) is 4.69. The molecule has 0 radical (unpaired) electrons. The van der Waals surface area contributed by atoms with E-state index in [1.807, 2.05) is 31.2 Å². The third-order valence-electron chi connectivity index (χ3n) is 3.51. The van der Waals surface area contributed by atoms with Gasteiger partial charge in [0.05, 0.1) is 0 Å². The maximum Gasteiger partial charge on any atom is 0.248 e. The fraction of sp³-hybridized carbons (Fsp3) is 0.400. The smallest absolute Gasteiger partial charge is 0.248 e. The molecule has 0 saturated heterocycles. The van der Waals surface area contributed by atoms with Crippen molar-refractivity contribution in [2.24, 2.45) is 5.73 Å². The van der Waals surface area contributed by atoms with Crippen LogP contribution in [0, 0.1) is 0 Å². The molecule has 1 saturated carbocycles. The van der Waals surface area contributed by atoms with E-state index in [0.717, 1.165) is 0 Å². The second kappa shape index (κ2) is 5.17. The zero-order chi connectivity index (χ0) is 12.3. The van der Waals surface area contributed by atoms with Crippen LogP contribution in [0.25, 0.3) is 6.08 Å². The van der Waals surface area contributed by atoms with E-state index in [9.17, 15) is 4.79 Å². The van der Waals surface area contributed by atoms with Crippen molar-refractivity contribution >= 4 is 12.0 Å². The predicted octanol–water partition coefficient (Wildman–Crippen LogP) is 3.48. The van der Waals surface area contributed by atoms with Crippen LogP contribution in [0.3, 0.4) is 0 Å². The van der Waals surface area contributed by atoms with Crippen LogP contribution in [0.4, 0.5) is 0 Å². The number of primary amides is 1. The van der Waals surface area contributed by atoms with Crippen LogP contribution < -0.4 is 5.73 Å². The van der Waals surface area contributed by atoms with E-state index in [2.05, 4.69) is 6.08 Å². The number of carbonyl (C=O) groups excluding carboxylic acids is 1. The first kappa shape index (κ1) is 11.9. The van der Waals surface area contributed by atoms with Gasteiger partial charge in [-0.05, 0) is 48.9 Å². The van der Waals surface area contributed by atoms with Crippen molar-refractivity contribution < 1.29 is 4.79 Å². The van der Waals surface area contributed by atoms with Crippen LogP contribution in [-0.4, -0.2) is 5.91 Å². The molecule has 1 aliphatic rings. The minimum atomic E-state index is -0.337. The molecule has 0 aliphatic heterocycles. The molecular formula is C15H19NO. The Morgan fingerprint density at radius 1 is 1.35 bits per heavy atom. The van der Waals surface area contributed by atoms with Crippen molar-refractivity contribution in [2.45, 2.75) is 38.5 Å². The fourth-order valence-corrected chi connectivity index (χ4v) is 2.65. The highest BCUT2D eigenvalue weighted by atomic mass is 16.1. The minimum absolute atomic E-state index is 0.337. The van der Waals surface area contributed by atoms with Crippen LogP contribution in [0.15, 0.2) is 24.3 Å². The van der Waals surface area contributed by atoms with Crippen LogP contribution in [0.1, 0.15) is 60.0 Å². The summed E-state index contributed by atoms with van der Waals surface area (Å²) in [5.41, 5.74) is 8.49. The Balaban J connectivity index is 2.42. The van der Waals surface area contributed by atoms with E-state index in [1.54, 1.807) is 0 Å². The molecule has 1 fully saturated rings. The SMILES string of the molecule is C/C=C\c1ccc(C(N)=O)cc1C1CCCC1. The van der Waals surface area contributed by atoms with Crippen molar-refractivity contribution in [3.05, 3.63) is 41.0 Å². The third kappa shape index (κ3) is 2.57. The summed E-state index contributed by atoms with van der Waals surface area (Å²) in [5.74, 6) is 0.261. The molecule has 0 aromatic heterocycles. The highest BCUT2D eigenvalue weighted by Gasteiger charge is 2.20. The van der Waals surface area contributed by atoms with E-state index in [-0.39, 0.29) is 5.91 Å². The number of amides is 1. The summed E-state index contributed by atoms with van der Waals surface area (Å²) in [4.78, 5) is 11.2. The van der Waals surface area contributed by atoms with Gasteiger partial charge in [0.1, 0.15) is 0 Å². The van der Waals surface area contributed by atoms with Crippen molar-refractivity contribution in [3.63, 3.8) is 0 Å². The standard InChI is InChI=1S/C15H19NO/c1-2-5-11-8-9-13(15(16)17)10-14(11)12-6-3-4-7-12/h2,5,8-10,12H,3-4,6-7H2,1H3,(H2,16,17)/b5-2-. The van der Waals surface area contributed by atoms with Gasteiger partial charge in [0.25, 0.3) is 0 Å².